The van der Waals surface area contributed by atoms with Gasteiger partial charge in [-0.25, -0.2) is 4.98 Å². The molecule has 2 aliphatic heterocycles. The maximum absolute atomic E-state index is 9.49. The van der Waals surface area contributed by atoms with Gasteiger partial charge in [-0.3, -0.25) is 4.90 Å². The van der Waals surface area contributed by atoms with E-state index in [4.69, 9.17) is 4.98 Å². The van der Waals surface area contributed by atoms with Gasteiger partial charge in [-0.05, 0) is 45.4 Å². The molecule has 9 heteroatoms. The molecule has 1 atom stereocenters. The van der Waals surface area contributed by atoms with Crippen LogP contribution in [-0.2, 0) is 0 Å². The maximum Gasteiger partial charge on any atom is 0.229 e. The summed E-state index contributed by atoms with van der Waals surface area (Å²) in [5.41, 5.74) is 1.95. The fourth-order valence-electron chi connectivity index (χ4n) is 4.21. The molecule has 2 saturated heterocycles. The molecule has 4 rings (SSSR count). The monoisotopic (exact) mass is 412 g/mol. The van der Waals surface area contributed by atoms with E-state index in [1.165, 1.54) is 11.5 Å². The number of nitrogens with zero attached hydrogens (tertiary/aromatic N) is 7. The number of likely N-dealkylation sites (N-methyl/N-ethyl adjacent to an activating group) is 1. The van der Waals surface area contributed by atoms with Crippen molar-refractivity contribution in [3.8, 4) is 6.07 Å². The molecule has 1 unspecified atom stereocenters. The van der Waals surface area contributed by atoms with Crippen LogP contribution >= 0.6 is 11.5 Å². The van der Waals surface area contributed by atoms with Crippen molar-refractivity contribution in [3.05, 3.63) is 23.5 Å². The topological polar surface area (TPSA) is 84.2 Å². The third-order valence-corrected chi connectivity index (χ3v) is 6.91. The first kappa shape index (κ1) is 20.0. The molecule has 154 valence electrons. The van der Waals surface area contributed by atoms with Gasteiger partial charge in [0.1, 0.15) is 10.8 Å². The maximum atomic E-state index is 9.49. The first-order valence-electron chi connectivity index (χ1n) is 10.0. The van der Waals surface area contributed by atoms with Gasteiger partial charge in [0.15, 0.2) is 0 Å². The molecule has 2 fully saturated rings. The zero-order valence-corrected chi connectivity index (χ0v) is 18.3. The summed E-state index contributed by atoms with van der Waals surface area (Å²) in [5, 5.41) is 13.7. The highest BCUT2D eigenvalue weighted by molar-refractivity contribution is 7.10. The number of hydrogen-bond donors (Lipinski definition) is 1. The standard InChI is InChI=1S/C20H28N8S/c1-14-10-22-19(23-17-9-15(2)25-29-17)24-18(14)27-12-20(13-27,5-6-21)28-8-7-26(4)16(3)11-28/h9-10,16H,5,7-8,11-13H2,1-4H3,(H,22,23,24). The van der Waals surface area contributed by atoms with E-state index in [0.717, 1.165) is 54.8 Å². The van der Waals surface area contributed by atoms with Gasteiger partial charge in [-0.2, -0.15) is 14.6 Å². The first-order valence-corrected chi connectivity index (χ1v) is 10.8. The Labute approximate surface area is 176 Å². The van der Waals surface area contributed by atoms with Crippen molar-refractivity contribution in [2.45, 2.75) is 38.8 Å². The Hall–Kier alpha value is -2.28. The number of piperazine rings is 1. The van der Waals surface area contributed by atoms with Crippen molar-refractivity contribution < 1.29 is 0 Å². The van der Waals surface area contributed by atoms with Gasteiger partial charge in [0.25, 0.3) is 0 Å². The molecule has 4 heterocycles. The average Bonchev–Trinajstić information content (AvgIpc) is 3.07. The van der Waals surface area contributed by atoms with Crippen LogP contribution in [0, 0.1) is 25.2 Å². The number of hydrogen-bond acceptors (Lipinski definition) is 9. The molecule has 0 radical (unpaired) electrons. The van der Waals surface area contributed by atoms with E-state index in [-0.39, 0.29) is 5.54 Å². The predicted octanol–water partition coefficient (Wildman–Crippen LogP) is 2.40. The van der Waals surface area contributed by atoms with E-state index in [2.05, 4.69) is 49.4 Å². The largest absolute Gasteiger partial charge is 0.352 e. The third-order valence-electron chi connectivity index (χ3n) is 6.12. The van der Waals surface area contributed by atoms with Crippen LogP contribution in [0.15, 0.2) is 12.3 Å². The van der Waals surface area contributed by atoms with Gasteiger partial charge in [-0.1, -0.05) is 0 Å². The van der Waals surface area contributed by atoms with Crippen LogP contribution in [0.1, 0.15) is 24.6 Å². The molecule has 2 aliphatic rings. The van der Waals surface area contributed by atoms with Crippen LogP contribution in [0.3, 0.4) is 0 Å². The second-order valence-corrected chi connectivity index (χ2v) is 9.15. The Morgan fingerprint density at radius 2 is 2.14 bits per heavy atom. The van der Waals surface area contributed by atoms with E-state index in [1.807, 2.05) is 26.1 Å². The highest BCUT2D eigenvalue weighted by Gasteiger charge is 2.49. The van der Waals surface area contributed by atoms with Crippen molar-refractivity contribution >= 4 is 28.3 Å². The Kier molecular flexibility index (Phi) is 5.42. The highest BCUT2D eigenvalue weighted by Crippen LogP contribution is 2.37. The van der Waals surface area contributed by atoms with E-state index < -0.39 is 0 Å². The minimum Gasteiger partial charge on any atom is -0.352 e. The molecule has 8 nitrogen and oxygen atoms in total. The molecule has 0 saturated carbocycles. The summed E-state index contributed by atoms with van der Waals surface area (Å²) < 4.78 is 4.29. The van der Waals surface area contributed by atoms with Crippen molar-refractivity contribution in [2.24, 2.45) is 0 Å². The molecule has 1 N–H and O–H groups in total. The summed E-state index contributed by atoms with van der Waals surface area (Å²) >= 11 is 1.41. The smallest absolute Gasteiger partial charge is 0.229 e. The van der Waals surface area contributed by atoms with Gasteiger partial charge in [0, 0.05) is 50.5 Å². The molecule has 0 aromatic carbocycles. The summed E-state index contributed by atoms with van der Waals surface area (Å²) in [6.45, 7) is 11.0. The van der Waals surface area contributed by atoms with Gasteiger partial charge in [0.05, 0.1) is 23.7 Å². The van der Waals surface area contributed by atoms with Gasteiger partial charge >= 0.3 is 0 Å². The normalized spacial score (nSPS) is 22.2. The molecule has 2 aromatic rings. The summed E-state index contributed by atoms with van der Waals surface area (Å²) in [6.07, 6.45) is 2.41. The van der Waals surface area contributed by atoms with Gasteiger partial charge in [0.2, 0.25) is 5.95 Å². The second-order valence-electron chi connectivity index (χ2n) is 8.35. The lowest BCUT2D eigenvalue weighted by atomic mass is 9.83. The van der Waals surface area contributed by atoms with Gasteiger partial charge < -0.3 is 15.1 Å². The van der Waals surface area contributed by atoms with Crippen LogP contribution in [-0.4, -0.2) is 75.5 Å². The van der Waals surface area contributed by atoms with Crippen LogP contribution in [0.2, 0.25) is 0 Å². The average molecular weight is 413 g/mol. The lowest BCUT2D eigenvalue weighted by Gasteiger charge is -2.58. The van der Waals surface area contributed by atoms with E-state index in [0.29, 0.717) is 18.4 Å². The van der Waals surface area contributed by atoms with Crippen LogP contribution in [0.25, 0.3) is 0 Å². The SMILES string of the molecule is Cc1cc(Nc2ncc(C)c(N3CC(CC#N)(N4CCN(C)C(C)C4)C3)n2)sn1. The Morgan fingerprint density at radius 3 is 2.79 bits per heavy atom. The van der Waals surface area contributed by atoms with Crippen LogP contribution in [0.4, 0.5) is 16.8 Å². The number of anilines is 3. The van der Waals surface area contributed by atoms with Crippen molar-refractivity contribution in [3.63, 3.8) is 0 Å². The lowest BCUT2D eigenvalue weighted by Crippen LogP contribution is -2.73. The van der Waals surface area contributed by atoms with E-state index >= 15 is 0 Å². The molecule has 29 heavy (non-hydrogen) atoms. The molecule has 0 amide bonds. The summed E-state index contributed by atoms with van der Waals surface area (Å²) in [6, 6.07) is 4.93. The summed E-state index contributed by atoms with van der Waals surface area (Å²) in [5.74, 6) is 1.53. The van der Waals surface area contributed by atoms with Crippen molar-refractivity contribution in [1.82, 2.24) is 24.1 Å². The van der Waals surface area contributed by atoms with Crippen LogP contribution in [0.5, 0.6) is 0 Å². The molecule has 0 aliphatic carbocycles. The zero-order chi connectivity index (χ0) is 20.6. The first-order chi connectivity index (χ1) is 13.9. The second kappa shape index (κ2) is 7.86. The van der Waals surface area contributed by atoms with E-state index in [1.54, 1.807) is 0 Å². The number of rotatable bonds is 5. The van der Waals surface area contributed by atoms with Gasteiger partial charge in [-0.15, -0.1) is 0 Å². The highest BCUT2D eigenvalue weighted by atomic mass is 32.1. The van der Waals surface area contributed by atoms with Crippen molar-refractivity contribution in [2.75, 3.05) is 50.0 Å². The molecule has 0 bridgehead atoms. The molecular formula is C20H28N8S. The Morgan fingerprint density at radius 1 is 1.34 bits per heavy atom. The lowest BCUT2D eigenvalue weighted by molar-refractivity contribution is -0.000459. The van der Waals surface area contributed by atoms with Crippen molar-refractivity contribution in [1.29, 1.82) is 5.26 Å². The zero-order valence-electron chi connectivity index (χ0n) is 17.5. The van der Waals surface area contributed by atoms with E-state index in [9.17, 15) is 5.26 Å². The third kappa shape index (κ3) is 3.92. The Balaban J connectivity index is 1.50. The fraction of sp³-hybridized carbons (Fsp3) is 0.600. The number of nitrogens with one attached hydrogen (secondary N) is 1. The Bertz CT molecular complexity index is 913. The molecule has 2 aromatic heterocycles. The number of aromatic nitrogens is 3. The summed E-state index contributed by atoms with van der Waals surface area (Å²) in [7, 11) is 2.18. The summed E-state index contributed by atoms with van der Waals surface area (Å²) in [4.78, 5) is 16.4. The number of nitriles is 1. The molecule has 0 spiro atoms. The minimum absolute atomic E-state index is 0.0793. The minimum atomic E-state index is -0.0793. The quantitative estimate of drug-likeness (QED) is 0.801. The predicted molar refractivity (Wildman–Crippen MR) is 116 cm³/mol. The van der Waals surface area contributed by atoms with Crippen LogP contribution < -0.4 is 10.2 Å². The number of aryl methyl sites for hydroxylation is 2. The fourth-order valence-corrected chi connectivity index (χ4v) is 4.87. The molecular weight excluding hydrogens is 384 g/mol.